The smallest absolute Gasteiger partial charge is 0.369 e. The first-order chi connectivity index (χ1) is 11.7. The van der Waals surface area contributed by atoms with E-state index in [4.69, 9.17) is 8.85 Å². The predicted octanol–water partition coefficient (Wildman–Crippen LogP) is 4.94. The second-order valence-corrected chi connectivity index (χ2v) is 9.29. The molecule has 0 amide bonds. The van der Waals surface area contributed by atoms with Crippen molar-refractivity contribution >= 4 is 46.1 Å². The maximum absolute atomic E-state index is 6.16. The summed E-state index contributed by atoms with van der Waals surface area (Å²) < 4.78 is 12.3. The van der Waals surface area contributed by atoms with Crippen LogP contribution >= 0.6 is 0 Å². The summed E-state index contributed by atoms with van der Waals surface area (Å²) in [4.78, 5) is 0. The van der Waals surface area contributed by atoms with Crippen LogP contribution in [0.3, 0.4) is 0 Å². The van der Waals surface area contributed by atoms with Crippen LogP contribution < -0.4 is 5.19 Å². The Hall–Kier alpha value is -1.94. The van der Waals surface area contributed by atoms with Gasteiger partial charge in [-0.15, -0.1) is 0 Å². The lowest BCUT2D eigenvalue weighted by Gasteiger charge is -2.28. The molecule has 0 radical (unpaired) electrons. The molecule has 0 spiro atoms. The first kappa shape index (κ1) is 15.6. The lowest BCUT2D eigenvalue weighted by molar-refractivity contribution is 0.202. The van der Waals surface area contributed by atoms with Crippen LogP contribution in [0.2, 0.25) is 6.55 Å². The quantitative estimate of drug-likeness (QED) is 0.380. The molecule has 0 saturated carbocycles. The van der Waals surface area contributed by atoms with Crippen molar-refractivity contribution in [2.45, 2.75) is 20.4 Å². The zero-order valence-corrected chi connectivity index (χ0v) is 15.4. The zero-order valence-electron chi connectivity index (χ0n) is 14.4. The Bertz CT molecular complexity index is 987. The first-order valence-electron chi connectivity index (χ1n) is 8.63. The van der Waals surface area contributed by atoms with Gasteiger partial charge in [-0.05, 0) is 52.7 Å². The molecule has 0 heterocycles. The van der Waals surface area contributed by atoms with Crippen LogP contribution in [0, 0.1) is 0 Å². The lowest BCUT2D eigenvalue weighted by atomic mass is 9.94. The Kier molecular flexibility index (Phi) is 3.80. The fraction of sp³-hybridized carbons (Fsp3) is 0.238. The van der Waals surface area contributed by atoms with E-state index in [1.54, 1.807) is 0 Å². The second-order valence-electron chi connectivity index (χ2n) is 6.28. The molecule has 122 valence electrons. The summed E-state index contributed by atoms with van der Waals surface area (Å²) in [6.45, 7) is 7.59. The summed E-state index contributed by atoms with van der Waals surface area (Å²) in [5, 5.41) is 9.05. The van der Waals surface area contributed by atoms with Gasteiger partial charge in [0.05, 0.1) is 0 Å². The van der Waals surface area contributed by atoms with Crippen molar-refractivity contribution in [1.29, 1.82) is 0 Å². The highest BCUT2D eigenvalue weighted by Gasteiger charge is 2.35. The SMILES string of the molecule is CCO[Si](C)(OCC)c1ccc2ccc3cccc4ccc1c2c34. The predicted molar refractivity (Wildman–Crippen MR) is 105 cm³/mol. The monoisotopic (exact) mass is 334 g/mol. The largest absolute Gasteiger partial charge is 0.391 e. The molecular formula is C21H22O2Si. The van der Waals surface area contributed by atoms with E-state index in [1.807, 2.05) is 13.8 Å². The summed E-state index contributed by atoms with van der Waals surface area (Å²) in [5.74, 6) is 0. The second kappa shape index (κ2) is 5.85. The van der Waals surface area contributed by atoms with E-state index in [0.717, 1.165) is 0 Å². The van der Waals surface area contributed by atoms with Gasteiger partial charge >= 0.3 is 8.56 Å². The molecule has 0 aliphatic heterocycles. The van der Waals surface area contributed by atoms with E-state index in [-0.39, 0.29) is 0 Å². The minimum Gasteiger partial charge on any atom is -0.391 e. The fourth-order valence-electron chi connectivity index (χ4n) is 3.88. The Balaban J connectivity index is 2.10. The molecule has 0 fully saturated rings. The van der Waals surface area contributed by atoms with Crippen molar-refractivity contribution in [3.05, 3.63) is 54.6 Å². The van der Waals surface area contributed by atoms with Gasteiger partial charge in [0.1, 0.15) is 0 Å². The Morgan fingerprint density at radius 1 is 0.708 bits per heavy atom. The highest BCUT2D eigenvalue weighted by atomic mass is 28.4. The Morgan fingerprint density at radius 3 is 1.88 bits per heavy atom. The van der Waals surface area contributed by atoms with Crippen LogP contribution in [0.1, 0.15) is 13.8 Å². The summed E-state index contributed by atoms with van der Waals surface area (Å²) in [6, 6.07) is 19.8. The molecule has 0 atom stereocenters. The van der Waals surface area contributed by atoms with Gasteiger partial charge in [-0.1, -0.05) is 54.6 Å². The third-order valence-corrected chi connectivity index (χ3v) is 7.95. The number of hydrogen-bond donors (Lipinski definition) is 0. The molecule has 0 bridgehead atoms. The minimum absolute atomic E-state index is 0.671. The minimum atomic E-state index is -2.42. The van der Waals surface area contributed by atoms with Gasteiger partial charge in [-0.3, -0.25) is 0 Å². The maximum atomic E-state index is 6.16. The lowest BCUT2D eigenvalue weighted by Crippen LogP contribution is -2.51. The van der Waals surface area contributed by atoms with Crippen LogP contribution in [-0.2, 0) is 8.85 Å². The van der Waals surface area contributed by atoms with E-state index in [1.165, 1.54) is 37.5 Å². The zero-order chi connectivity index (χ0) is 16.7. The molecule has 2 nitrogen and oxygen atoms in total. The molecule has 4 rings (SSSR count). The summed E-state index contributed by atoms with van der Waals surface area (Å²) >= 11 is 0. The Morgan fingerprint density at radius 2 is 1.25 bits per heavy atom. The number of benzene rings is 4. The van der Waals surface area contributed by atoms with Crippen molar-refractivity contribution in [3.63, 3.8) is 0 Å². The van der Waals surface area contributed by atoms with Gasteiger partial charge < -0.3 is 8.85 Å². The van der Waals surface area contributed by atoms with Crippen molar-refractivity contribution in [3.8, 4) is 0 Å². The highest BCUT2D eigenvalue weighted by molar-refractivity contribution is 6.82. The van der Waals surface area contributed by atoms with E-state index in [2.05, 4.69) is 61.1 Å². The molecule has 0 aliphatic rings. The average Bonchev–Trinajstić information content (AvgIpc) is 2.60. The average molecular weight is 334 g/mol. The van der Waals surface area contributed by atoms with Gasteiger partial charge in [0.15, 0.2) is 0 Å². The van der Waals surface area contributed by atoms with E-state index < -0.39 is 8.56 Å². The third kappa shape index (κ3) is 2.24. The summed E-state index contributed by atoms with van der Waals surface area (Å²) in [5.41, 5.74) is 0. The standard InChI is InChI=1S/C21H22O2Si/c1-4-22-24(3,23-5-2)19-14-12-17-10-9-15-7-6-8-16-11-13-18(19)21(17)20(15)16/h6-14H,4-5H2,1-3H3. The van der Waals surface area contributed by atoms with E-state index >= 15 is 0 Å². The van der Waals surface area contributed by atoms with Gasteiger partial charge in [-0.25, -0.2) is 0 Å². The van der Waals surface area contributed by atoms with Crippen LogP contribution in [0.5, 0.6) is 0 Å². The topological polar surface area (TPSA) is 18.5 Å². The molecule has 0 aromatic heterocycles. The van der Waals surface area contributed by atoms with E-state index in [0.29, 0.717) is 13.2 Å². The van der Waals surface area contributed by atoms with E-state index in [9.17, 15) is 0 Å². The van der Waals surface area contributed by atoms with Crippen molar-refractivity contribution in [2.75, 3.05) is 13.2 Å². The van der Waals surface area contributed by atoms with Gasteiger partial charge in [0, 0.05) is 18.4 Å². The third-order valence-electron chi connectivity index (χ3n) is 4.86. The number of hydrogen-bond acceptors (Lipinski definition) is 2. The maximum Gasteiger partial charge on any atom is 0.369 e. The molecule has 0 N–H and O–H groups in total. The Labute approximate surface area is 143 Å². The van der Waals surface area contributed by atoms with Crippen molar-refractivity contribution < 1.29 is 8.85 Å². The summed E-state index contributed by atoms with van der Waals surface area (Å²) in [6.07, 6.45) is 0. The molecule has 4 aromatic rings. The molecule has 4 aromatic carbocycles. The molecule has 0 aliphatic carbocycles. The normalized spacial score (nSPS) is 12.6. The van der Waals surface area contributed by atoms with Crippen LogP contribution in [0.15, 0.2) is 54.6 Å². The van der Waals surface area contributed by atoms with Gasteiger partial charge in [-0.2, -0.15) is 0 Å². The number of rotatable bonds is 5. The fourth-order valence-corrected chi connectivity index (χ4v) is 6.46. The van der Waals surface area contributed by atoms with Crippen molar-refractivity contribution in [1.82, 2.24) is 0 Å². The van der Waals surface area contributed by atoms with Crippen LogP contribution in [0.25, 0.3) is 32.3 Å². The van der Waals surface area contributed by atoms with Gasteiger partial charge in [0.2, 0.25) is 0 Å². The summed E-state index contributed by atoms with van der Waals surface area (Å²) in [7, 11) is -2.42. The molecular weight excluding hydrogens is 312 g/mol. The molecule has 3 heteroatoms. The van der Waals surface area contributed by atoms with Crippen molar-refractivity contribution in [2.24, 2.45) is 0 Å². The molecule has 0 saturated heterocycles. The first-order valence-corrected chi connectivity index (χ1v) is 10.9. The molecule has 24 heavy (non-hydrogen) atoms. The van der Waals surface area contributed by atoms with Crippen LogP contribution in [-0.4, -0.2) is 21.8 Å². The highest BCUT2D eigenvalue weighted by Crippen LogP contribution is 2.34. The molecule has 0 unspecified atom stereocenters. The van der Waals surface area contributed by atoms with Gasteiger partial charge in [0.25, 0.3) is 0 Å². The van der Waals surface area contributed by atoms with Crippen LogP contribution in [0.4, 0.5) is 0 Å².